The van der Waals surface area contributed by atoms with Crippen molar-refractivity contribution in [2.75, 3.05) is 6.54 Å². The summed E-state index contributed by atoms with van der Waals surface area (Å²) < 4.78 is 36.7. The van der Waals surface area contributed by atoms with E-state index in [1.54, 1.807) is 20.0 Å². The van der Waals surface area contributed by atoms with Crippen molar-refractivity contribution in [1.82, 2.24) is 15.6 Å². The molecule has 152 valence electrons. The Bertz CT molecular complexity index is 711. The van der Waals surface area contributed by atoms with E-state index >= 15 is 0 Å². The van der Waals surface area contributed by atoms with Crippen molar-refractivity contribution >= 4 is 28.9 Å². The molecule has 6 nitrogen and oxygen atoms in total. The third-order valence-corrected chi connectivity index (χ3v) is 5.36. The van der Waals surface area contributed by atoms with Crippen molar-refractivity contribution in [2.45, 2.75) is 64.6 Å². The van der Waals surface area contributed by atoms with E-state index in [4.69, 9.17) is 5.41 Å². The zero-order valence-electron chi connectivity index (χ0n) is 16.0. The molecule has 0 fully saturated rings. The second kappa shape index (κ2) is 8.47. The highest BCUT2D eigenvalue weighted by atomic mass is 32.1. The highest BCUT2D eigenvalue weighted by molar-refractivity contribution is 7.11. The molecule has 0 saturated carbocycles. The van der Waals surface area contributed by atoms with Crippen molar-refractivity contribution < 1.29 is 22.8 Å². The van der Waals surface area contributed by atoms with Crippen LogP contribution in [-0.4, -0.2) is 40.8 Å². The lowest BCUT2D eigenvalue weighted by Gasteiger charge is -2.26. The summed E-state index contributed by atoms with van der Waals surface area (Å²) in [5, 5.41) is 13.7. The smallest absolute Gasteiger partial charge is 0.308 e. The van der Waals surface area contributed by atoms with Crippen LogP contribution in [0.5, 0.6) is 0 Å². The molecule has 1 aromatic heterocycles. The number of carbonyl (C=O) groups excluding carboxylic acids is 2. The molecule has 0 bridgehead atoms. The maximum Gasteiger partial charge on any atom is 0.390 e. The molecule has 2 amide bonds. The highest BCUT2D eigenvalue weighted by Gasteiger charge is 2.33. The van der Waals surface area contributed by atoms with E-state index < -0.39 is 41.9 Å². The second-order valence-corrected chi connectivity index (χ2v) is 8.55. The van der Waals surface area contributed by atoms with Crippen LogP contribution in [-0.2, 0) is 15.0 Å². The fourth-order valence-corrected chi connectivity index (χ4v) is 3.01. The average molecular weight is 406 g/mol. The van der Waals surface area contributed by atoms with Crippen LogP contribution in [0, 0.1) is 12.3 Å². The number of nitrogens with zero attached hydrogens (tertiary/aromatic N) is 1. The van der Waals surface area contributed by atoms with Gasteiger partial charge >= 0.3 is 6.18 Å². The van der Waals surface area contributed by atoms with Gasteiger partial charge in [-0.1, -0.05) is 0 Å². The van der Waals surface area contributed by atoms with Gasteiger partial charge in [0.05, 0.1) is 23.4 Å². The third kappa shape index (κ3) is 7.02. The quantitative estimate of drug-likeness (QED) is 0.578. The van der Waals surface area contributed by atoms with Crippen LogP contribution in [0.25, 0.3) is 0 Å². The Morgan fingerprint density at radius 3 is 2.30 bits per heavy atom. The summed E-state index contributed by atoms with van der Waals surface area (Å²) in [6, 6.07) is 0. The molecular formula is C17H25F3N4O2S. The molecule has 0 spiro atoms. The Hall–Kier alpha value is -1.81. The minimum absolute atomic E-state index is 0.110. The first kappa shape index (κ1) is 23.2. The van der Waals surface area contributed by atoms with Crippen molar-refractivity contribution in [2.24, 2.45) is 0 Å². The van der Waals surface area contributed by atoms with Crippen molar-refractivity contribution in [3.05, 3.63) is 16.1 Å². The van der Waals surface area contributed by atoms with Crippen LogP contribution >= 0.6 is 11.3 Å². The molecule has 1 heterocycles. The topological polar surface area (TPSA) is 94.9 Å². The zero-order chi connectivity index (χ0) is 21.0. The molecule has 0 aromatic carbocycles. The Balaban J connectivity index is 2.62. The van der Waals surface area contributed by atoms with Gasteiger partial charge in [0, 0.05) is 28.7 Å². The summed E-state index contributed by atoms with van der Waals surface area (Å²) in [6.45, 7) is 7.77. The summed E-state index contributed by atoms with van der Waals surface area (Å²) >= 11 is 1.43. The van der Waals surface area contributed by atoms with E-state index in [-0.39, 0.29) is 12.1 Å². The van der Waals surface area contributed by atoms with Gasteiger partial charge in [-0.25, -0.2) is 4.98 Å². The molecule has 0 radical (unpaired) electrons. The van der Waals surface area contributed by atoms with Gasteiger partial charge in [-0.3, -0.25) is 14.9 Å². The lowest BCUT2D eigenvalue weighted by Crippen LogP contribution is -2.55. The number of carbonyl (C=O) groups is 2. The molecule has 1 rings (SSSR count). The molecule has 0 aliphatic heterocycles. The standard InChI is InChI=1S/C17H25F3N4O2S/c1-10-22-9-12(27-10)15(2,3)11(21)8-13(25)24-14(26)16(4,5)23-7-6-17(18,19)20/h9,21,23H,6-8H2,1-5H3,(H,24,25,26). The predicted octanol–water partition coefficient (Wildman–Crippen LogP) is 3.10. The lowest BCUT2D eigenvalue weighted by atomic mass is 9.84. The molecule has 3 N–H and O–H groups in total. The van der Waals surface area contributed by atoms with Gasteiger partial charge in [0.1, 0.15) is 0 Å². The zero-order valence-corrected chi connectivity index (χ0v) is 16.8. The number of alkyl halides is 3. The number of hydrogen-bond acceptors (Lipinski definition) is 6. The number of hydrogen-bond donors (Lipinski definition) is 3. The summed E-state index contributed by atoms with van der Waals surface area (Å²) in [4.78, 5) is 29.3. The van der Waals surface area contributed by atoms with Crippen molar-refractivity contribution in [1.29, 1.82) is 5.41 Å². The molecule has 0 aliphatic rings. The molecule has 0 unspecified atom stereocenters. The van der Waals surface area contributed by atoms with Gasteiger partial charge in [0.15, 0.2) is 0 Å². The first-order chi connectivity index (χ1) is 12.1. The molecule has 1 aromatic rings. The Labute approximate surface area is 160 Å². The predicted molar refractivity (Wildman–Crippen MR) is 98.1 cm³/mol. The van der Waals surface area contributed by atoms with Gasteiger partial charge in [0.2, 0.25) is 11.8 Å². The third-order valence-electron chi connectivity index (χ3n) is 4.13. The largest absolute Gasteiger partial charge is 0.390 e. The van der Waals surface area contributed by atoms with E-state index in [1.165, 1.54) is 25.2 Å². The Morgan fingerprint density at radius 1 is 1.22 bits per heavy atom. The molecule has 0 saturated heterocycles. The van der Waals surface area contributed by atoms with Gasteiger partial charge < -0.3 is 10.7 Å². The fraction of sp³-hybridized carbons (Fsp3) is 0.647. The Morgan fingerprint density at radius 2 is 1.81 bits per heavy atom. The molecule has 27 heavy (non-hydrogen) atoms. The molecule has 0 aliphatic carbocycles. The number of amides is 2. The van der Waals surface area contributed by atoms with Gasteiger partial charge in [-0.05, 0) is 34.6 Å². The van der Waals surface area contributed by atoms with E-state index in [2.05, 4.69) is 15.6 Å². The molecule has 10 heteroatoms. The van der Waals surface area contributed by atoms with Gasteiger partial charge in [0.25, 0.3) is 0 Å². The molecular weight excluding hydrogens is 381 g/mol. The van der Waals surface area contributed by atoms with E-state index in [0.29, 0.717) is 0 Å². The van der Waals surface area contributed by atoms with Gasteiger partial charge in [-0.2, -0.15) is 13.2 Å². The van der Waals surface area contributed by atoms with E-state index in [0.717, 1.165) is 9.88 Å². The lowest BCUT2D eigenvalue weighted by molar-refractivity contribution is -0.138. The van der Waals surface area contributed by atoms with Crippen molar-refractivity contribution in [3.8, 4) is 0 Å². The monoisotopic (exact) mass is 406 g/mol. The second-order valence-electron chi connectivity index (χ2n) is 7.32. The van der Waals surface area contributed by atoms with Crippen LogP contribution in [0.4, 0.5) is 13.2 Å². The van der Waals surface area contributed by atoms with E-state index in [1.807, 2.05) is 6.92 Å². The number of aromatic nitrogens is 1. The normalized spacial score (nSPS) is 12.7. The average Bonchev–Trinajstić information content (AvgIpc) is 2.92. The van der Waals surface area contributed by atoms with Gasteiger partial charge in [-0.15, -0.1) is 11.3 Å². The fourth-order valence-electron chi connectivity index (χ4n) is 2.10. The summed E-state index contributed by atoms with van der Waals surface area (Å²) in [6.07, 6.45) is -4.05. The maximum absolute atomic E-state index is 12.2. The highest BCUT2D eigenvalue weighted by Crippen LogP contribution is 2.30. The van der Waals surface area contributed by atoms with E-state index in [9.17, 15) is 22.8 Å². The summed E-state index contributed by atoms with van der Waals surface area (Å²) in [5.41, 5.74) is -1.96. The summed E-state index contributed by atoms with van der Waals surface area (Å²) in [7, 11) is 0. The number of rotatable bonds is 8. The number of nitrogens with one attached hydrogen (secondary N) is 3. The number of imide groups is 1. The first-order valence-corrected chi connectivity index (χ1v) is 9.13. The number of halogens is 3. The van der Waals surface area contributed by atoms with Crippen LogP contribution in [0.3, 0.4) is 0 Å². The first-order valence-electron chi connectivity index (χ1n) is 8.32. The van der Waals surface area contributed by atoms with Crippen LogP contribution in [0.2, 0.25) is 0 Å². The summed E-state index contributed by atoms with van der Waals surface area (Å²) in [5.74, 6) is -1.42. The number of thiazole rings is 1. The maximum atomic E-state index is 12.2. The Kier molecular flexibility index (Phi) is 7.29. The molecule has 0 atom stereocenters. The number of aryl methyl sites for hydroxylation is 1. The van der Waals surface area contributed by atoms with Crippen LogP contribution in [0.15, 0.2) is 6.20 Å². The van der Waals surface area contributed by atoms with Crippen LogP contribution < -0.4 is 10.6 Å². The SMILES string of the molecule is Cc1ncc(C(C)(C)C(=N)CC(=O)NC(=O)C(C)(C)NCCC(F)(F)F)s1. The minimum Gasteiger partial charge on any atom is -0.308 e. The van der Waals surface area contributed by atoms with Crippen molar-refractivity contribution in [3.63, 3.8) is 0 Å². The van der Waals surface area contributed by atoms with Crippen LogP contribution in [0.1, 0.15) is 50.4 Å². The minimum atomic E-state index is -4.33.